The molecule has 3 aliphatic rings. The number of halogens is 2. The number of rotatable bonds is 7. The lowest BCUT2D eigenvalue weighted by atomic mass is 9.68. The first-order valence-electron chi connectivity index (χ1n) is 13.9. The summed E-state index contributed by atoms with van der Waals surface area (Å²) in [5, 5.41) is 0. The summed E-state index contributed by atoms with van der Waals surface area (Å²) >= 11 is 0. The van der Waals surface area contributed by atoms with E-state index < -0.39 is 11.6 Å². The first-order valence-corrected chi connectivity index (χ1v) is 13.9. The topological polar surface area (TPSA) is 18.5 Å². The molecule has 2 saturated carbocycles. The summed E-state index contributed by atoms with van der Waals surface area (Å²) in [7, 11) is 0. The third kappa shape index (κ3) is 5.52. The van der Waals surface area contributed by atoms with E-state index in [0.29, 0.717) is 19.1 Å². The van der Waals surface area contributed by atoms with Gasteiger partial charge in [0, 0.05) is 0 Å². The van der Waals surface area contributed by atoms with E-state index in [1.807, 2.05) is 0 Å². The Labute approximate surface area is 209 Å². The fourth-order valence-corrected chi connectivity index (χ4v) is 6.96. The van der Waals surface area contributed by atoms with Crippen LogP contribution in [0.5, 0.6) is 11.5 Å². The predicted molar refractivity (Wildman–Crippen MR) is 136 cm³/mol. The average Bonchev–Trinajstić information content (AvgIpc) is 3.26. The van der Waals surface area contributed by atoms with Gasteiger partial charge in [-0.15, -0.1) is 0 Å². The van der Waals surface area contributed by atoms with Crippen molar-refractivity contribution in [3.63, 3.8) is 0 Å². The van der Waals surface area contributed by atoms with Crippen LogP contribution in [0.25, 0.3) is 0 Å². The second-order valence-corrected chi connectivity index (χ2v) is 11.4. The number of fused-ring (bicyclic) bond motifs is 1. The van der Waals surface area contributed by atoms with Crippen molar-refractivity contribution < 1.29 is 18.3 Å². The van der Waals surface area contributed by atoms with E-state index in [-0.39, 0.29) is 11.5 Å². The first kappa shape index (κ1) is 24.6. The summed E-state index contributed by atoms with van der Waals surface area (Å²) in [6, 6.07) is 10.3. The van der Waals surface area contributed by atoms with Crippen molar-refractivity contribution >= 4 is 0 Å². The normalized spacial score (nSPS) is 28.5. The van der Waals surface area contributed by atoms with Gasteiger partial charge < -0.3 is 9.47 Å². The summed E-state index contributed by atoms with van der Waals surface area (Å²) in [5.41, 5.74) is 4.76. The molecule has 0 radical (unpaired) electrons. The molecule has 3 aliphatic carbocycles. The van der Waals surface area contributed by atoms with Gasteiger partial charge >= 0.3 is 0 Å². The molecule has 2 aromatic rings. The molecule has 0 N–H and O–H groups in total. The third-order valence-electron chi connectivity index (χ3n) is 8.95. The summed E-state index contributed by atoms with van der Waals surface area (Å²) < 4.78 is 39.2. The molecule has 0 bridgehead atoms. The van der Waals surface area contributed by atoms with Gasteiger partial charge in [-0.25, -0.2) is 0 Å². The Kier molecular flexibility index (Phi) is 7.65. The maximum absolute atomic E-state index is 14.3. The Morgan fingerprint density at radius 2 is 1.34 bits per heavy atom. The molecule has 0 amide bonds. The highest BCUT2D eigenvalue weighted by Crippen LogP contribution is 2.44. The Morgan fingerprint density at radius 3 is 2.00 bits per heavy atom. The van der Waals surface area contributed by atoms with Gasteiger partial charge in [0.05, 0.1) is 13.2 Å². The number of benzene rings is 2. The number of ether oxygens (including phenoxy) is 2. The third-order valence-corrected chi connectivity index (χ3v) is 8.95. The zero-order valence-corrected chi connectivity index (χ0v) is 21.3. The molecule has 4 heteroatoms. The van der Waals surface area contributed by atoms with E-state index in [4.69, 9.17) is 9.47 Å². The Balaban J connectivity index is 1.07. The van der Waals surface area contributed by atoms with E-state index in [1.165, 1.54) is 63.5 Å². The highest BCUT2D eigenvalue weighted by atomic mass is 19.2. The van der Waals surface area contributed by atoms with Crippen LogP contribution in [0, 0.1) is 35.3 Å². The fraction of sp³-hybridized carbons (Fsp3) is 0.613. The molecule has 2 fully saturated rings. The van der Waals surface area contributed by atoms with Gasteiger partial charge in [0.25, 0.3) is 0 Å². The quantitative estimate of drug-likeness (QED) is 0.395. The molecular formula is C31H40F2O2. The van der Waals surface area contributed by atoms with Crippen molar-refractivity contribution in [1.82, 2.24) is 0 Å². The van der Waals surface area contributed by atoms with Crippen LogP contribution < -0.4 is 9.47 Å². The predicted octanol–water partition coefficient (Wildman–Crippen LogP) is 8.26. The molecule has 0 heterocycles. The highest BCUT2D eigenvalue weighted by molar-refractivity contribution is 5.38. The van der Waals surface area contributed by atoms with Crippen LogP contribution in [0.2, 0.25) is 0 Å². The minimum Gasteiger partial charge on any atom is -0.491 e. The van der Waals surface area contributed by atoms with Gasteiger partial charge in [0.15, 0.2) is 11.5 Å². The van der Waals surface area contributed by atoms with Crippen LogP contribution in [0.4, 0.5) is 8.78 Å². The molecule has 1 unspecified atom stereocenters. The zero-order valence-electron chi connectivity index (χ0n) is 21.3. The van der Waals surface area contributed by atoms with E-state index in [9.17, 15) is 8.78 Å². The Morgan fingerprint density at radius 1 is 0.743 bits per heavy atom. The van der Waals surface area contributed by atoms with Gasteiger partial charge in [-0.05, 0) is 130 Å². The molecule has 190 valence electrons. The second kappa shape index (κ2) is 10.9. The van der Waals surface area contributed by atoms with Gasteiger partial charge in [-0.3, -0.25) is 0 Å². The molecule has 2 nitrogen and oxygen atoms in total. The zero-order chi connectivity index (χ0) is 24.4. The molecule has 0 saturated heterocycles. The van der Waals surface area contributed by atoms with E-state index in [1.54, 1.807) is 23.6 Å². The van der Waals surface area contributed by atoms with E-state index >= 15 is 0 Å². The SMILES string of the molecule is CCOc1ccc(OCC2CCC(C3CCC(c4ccc5c(c4)CC(C)C5)CC3)CC2)c(F)c1F. The number of hydrogen-bond acceptors (Lipinski definition) is 2. The maximum Gasteiger partial charge on any atom is 0.204 e. The maximum atomic E-state index is 14.3. The van der Waals surface area contributed by atoms with Crippen molar-refractivity contribution in [2.24, 2.45) is 23.7 Å². The van der Waals surface area contributed by atoms with Crippen molar-refractivity contribution in [3.05, 3.63) is 58.7 Å². The largest absolute Gasteiger partial charge is 0.491 e. The van der Waals surface area contributed by atoms with Crippen molar-refractivity contribution in [3.8, 4) is 11.5 Å². The molecule has 0 aromatic heterocycles. The lowest BCUT2D eigenvalue weighted by Crippen LogP contribution is -2.27. The summed E-state index contributed by atoms with van der Waals surface area (Å²) in [5.74, 6) is 1.65. The van der Waals surface area contributed by atoms with Crippen LogP contribution in [-0.2, 0) is 12.8 Å². The summed E-state index contributed by atoms with van der Waals surface area (Å²) in [6.07, 6.45) is 12.6. The highest BCUT2D eigenvalue weighted by Gasteiger charge is 2.32. The van der Waals surface area contributed by atoms with Crippen LogP contribution in [-0.4, -0.2) is 13.2 Å². The van der Waals surface area contributed by atoms with Gasteiger partial charge in [0.2, 0.25) is 11.6 Å². The van der Waals surface area contributed by atoms with Gasteiger partial charge in [-0.1, -0.05) is 25.1 Å². The van der Waals surface area contributed by atoms with Crippen molar-refractivity contribution in [1.29, 1.82) is 0 Å². The minimum absolute atomic E-state index is 0.00703. The smallest absolute Gasteiger partial charge is 0.204 e. The second-order valence-electron chi connectivity index (χ2n) is 11.4. The molecule has 0 aliphatic heterocycles. The molecule has 35 heavy (non-hydrogen) atoms. The van der Waals surface area contributed by atoms with Crippen LogP contribution in [0.1, 0.15) is 87.8 Å². The van der Waals surface area contributed by atoms with Crippen molar-refractivity contribution in [2.75, 3.05) is 13.2 Å². The van der Waals surface area contributed by atoms with E-state index in [2.05, 4.69) is 25.1 Å². The van der Waals surface area contributed by atoms with Crippen LogP contribution >= 0.6 is 0 Å². The van der Waals surface area contributed by atoms with Gasteiger partial charge in [0.1, 0.15) is 0 Å². The lowest BCUT2D eigenvalue weighted by Gasteiger charge is -2.38. The Hall–Kier alpha value is -2.10. The average molecular weight is 483 g/mol. The first-order chi connectivity index (χ1) is 17.0. The standard InChI is InChI=1S/C31H40F2O2/c1-3-34-28-14-15-29(31(33)30(28)32)35-19-21-4-6-22(7-5-21)23-8-10-24(11-9-23)26-13-12-25-16-20(2)17-27(25)18-26/h12-15,18,20-24H,3-11,16-17,19H2,1-2H3. The summed E-state index contributed by atoms with van der Waals surface area (Å²) in [4.78, 5) is 0. The Bertz CT molecular complexity index is 1000. The lowest BCUT2D eigenvalue weighted by molar-refractivity contribution is 0.129. The molecular weight excluding hydrogens is 442 g/mol. The fourth-order valence-electron chi connectivity index (χ4n) is 6.96. The molecule has 1 atom stereocenters. The molecule has 5 rings (SSSR count). The number of hydrogen-bond donors (Lipinski definition) is 0. The molecule has 2 aromatic carbocycles. The monoisotopic (exact) mass is 482 g/mol. The van der Waals surface area contributed by atoms with Gasteiger partial charge in [-0.2, -0.15) is 8.78 Å². The minimum atomic E-state index is -0.960. The van der Waals surface area contributed by atoms with Crippen molar-refractivity contribution in [2.45, 2.75) is 84.0 Å². The van der Waals surface area contributed by atoms with Crippen LogP contribution in [0.15, 0.2) is 30.3 Å². The molecule has 0 spiro atoms. The summed E-state index contributed by atoms with van der Waals surface area (Å²) in [6.45, 7) is 4.87. The van der Waals surface area contributed by atoms with E-state index in [0.717, 1.165) is 36.5 Å². The van der Waals surface area contributed by atoms with Crippen LogP contribution in [0.3, 0.4) is 0 Å².